The molecule has 104 valence electrons. The minimum Gasteiger partial charge on any atom is -0.399 e. The summed E-state index contributed by atoms with van der Waals surface area (Å²) in [6.45, 7) is 2.14. The maximum atomic E-state index is 12.0. The van der Waals surface area contributed by atoms with Crippen LogP contribution in [0, 0.1) is 0 Å². The average molecular weight is 270 g/mol. The number of rotatable bonds is 5. The Hall–Kier alpha value is -2.33. The fourth-order valence-corrected chi connectivity index (χ4v) is 1.73. The maximum Gasteiger partial charge on any atom is 0.253 e. The second-order valence-electron chi connectivity index (χ2n) is 4.55. The largest absolute Gasteiger partial charge is 0.399 e. The third-order valence-electron chi connectivity index (χ3n) is 2.87. The summed E-state index contributed by atoms with van der Waals surface area (Å²) < 4.78 is 5.55. The molecule has 0 aliphatic carbocycles. The first-order valence-electron chi connectivity index (χ1n) is 6.47. The molecule has 0 fully saturated rings. The molecule has 0 heterocycles. The summed E-state index contributed by atoms with van der Waals surface area (Å²) in [4.78, 5) is 12.0. The van der Waals surface area contributed by atoms with Gasteiger partial charge in [-0.05, 0) is 30.7 Å². The number of hydrogen-bond donors (Lipinski definition) is 2. The quantitative estimate of drug-likeness (QED) is 0.821. The van der Waals surface area contributed by atoms with Crippen LogP contribution < -0.4 is 11.1 Å². The lowest BCUT2D eigenvalue weighted by atomic mass is 10.2. The number of nitrogens with two attached hydrogens (primary N) is 1. The molecular formula is C16H18N2O2. The molecule has 2 aromatic carbocycles. The van der Waals surface area contributed by atoms with Crippen molar-refractivity contribution in [3.63, 3.8) is 0 Å². The zero-order valence-corrected chi connectivity index (χ0v) is 11.4. The van der Waals surface area contributed by atoms with Gasteiger partial charge in [0.15, 0.2) is 0 Å². The van der Waals surface area contributed by atoms with E-state index >= 15 is 0 Å². The Balaban J connectivity index is 1.86. The molecule has 1 unspecified atom stereocenters. The van der Waals surface area contributed by atoms with E-state index in [2.05, 4.69) is 5.32 Å². The lowest BCUT2D eigenvalue weighted by molar-refractivity contribution is -0.127. The molecule has 2 rings (SSSR count). The number of nitrogen functional groups attached to an aromatic ring is 1. The number of carbonyl (C=O) groups is 1. The lowest BCUT2D eigenvalue weighted by Gasteiger charge is -2.13. The summed E-state index contributed by atoms with van der Waals surface area (Å²) in [5, 5.41) is 2.77. The zero-order valence-electron chi connectivity index (χ0n) is 11.4. The van der Waals surface area contributed by atoms with Crippen LogP contribution in [0.2, 0.25) is 0 Å². The Morgan fingerprint density at radius 1 is 1.20 bits per heavy atom. The number of anilines is 2. The van der Waals surface area contributed by atoms with Crippen LogP contribution in [0.1, 0.15) is 12.5 Å². The van der Waals surface area contributed by atoms with Gasteiger partial charge in [-0.1, -0.05) is 36.4 Å². The van der Waals surface area contributed by atoms with Crippen molar-refractivity contribution >= 4 is 17.3 Å². The van der Waals surface area contributed by atoms with Crippen molar-refractivity contribution in [2.45, 2.75) is 19.6 Å². The van der Waals surface area contributed by atoms with Crippen LogP contribution >= 0.6 is 0 Å². The monoisotopic (exact) mass is 270 g/mol. The summed E-state index contributed by atoms with van der Waals surface area (Å²) in [5.74, 6) is -0.188. The van der Waals surface area contributed by atoms with Crippen molar-refractivity contribution < 1.29 is 9.53 Å². The van der Waals surface area contributed by atoms with Crippen molar-refractivity contribution in [1.82, 2.24) is 0 Å². The first-order valence-corrected chi connectivity index (χ1v) is 6.47. The number of hydrogen-bond acceptors (Lipinski definition) is 3. The fraction of sp³-hybridized carbons (Fsp3) is 0.188. The number of nitrogens with one attached hydrogen (secondary N) is 1. The van der Waals surface area contributed by atoms with Crippen molar-refractivity contribution in [2.24, 2.45) is 0 Å². The standard InChI is InChI=1S/C16H18N2O2/c1-12(20-11-13-6-3-2-4-7-13)16(19)18-15-9-5-8-14(17)10-15/h2-10,12H,11,17H2,1H3,(H,18,19). The highest BCUT2D eigenvalue weighted by Gasteiger charge is 2.13. The van der Waals surface area contributed by atoms with E-state index in [1.165, 1.54) is 0 Å². The highest BCUT2D eigenvalue weighted by atomic mass is 16.5. The minimum absolute atomic E-state index is 0.188. The van der Waals surface area contributed by atoms with E-state index in [0.717, 1.165) is 5.56 Å². The number of benzene rings is 2. The fourth-order valence-electron chi connectivity index (χ4n) is 1.73. The Morgan fingerprint density at radius 2 is 1.95 bits per heavy atom. The Kier molecular flexibility index (Phi) is 4.74. The van der Waals surface area contributed by atoms with E-state index in [-0.39, 0.29) is 5.91 Å². The highest BCUT2D eigenvalue weighted by molar-refractivity contribution is 5.94. The molecular weight excluding hydrogens is 252 g/mol. The first kappa shape index (κ1) is 14.1. The predicted octanol–water partition coefficient (Wildman–Crippen LogP) is 2.81. The van der Waals surface area contributed by atoms with E-state index in [0.29, 0.717) is 18.0 Å². The smallest absolute Gasteiger partial charge is 0.253 e. The van der Waals surface area contributed by atoms with E-state index in [1.54, 1.807) is 31.2 Å². The molecule has 1 atom stereocenters. The second-order valence-corrected chi connectivity index (χ2v) is 4.55. The van der Waals surface area contributed by atoms with Crippen LogP contribution in [0.3, 0.4) is 0 Å². The highest BCUT2D eigenvalue weighted by Crippen LogP contribution is 2.13. The van der Waals surface area contributed by atoms with Crippen LogP contribution in [-0.2, 0) is 16.1 Å². The molecule has 0 aliphatic rings. The Labute approximate surface area is 118 Å². The van der Waals surface area contributed by atoms with E-state index in [1.807, 2.05) is 30.3 Å². The molecule has 3 N–H and O–H groups in total. The van der Waals surface area contributed by atoms with Gasteiger partial charge in [-0.15, -0.1) is 0 Å². The van der Waals surface area contributed by atoms with Crippen LogP contribution in [0.25, 0.3) is 0 Å². The maximum absolute atomic E-state index is 12.0. The molecule has 4 nitrogen and oxygen atoms in total. The van der Waals surface area contributed by atoms with Gasteiger partial charge in [0.1, 0.15) is 6.10 Å². The Morgan fingerprint density at radius 3 is 2.65 bits per heavy atom. The van der Waals surface area contributed by atoms with Crippen LogP contribution in [0.5, 0.6) is 0 Å². The van der Waals surface area contributed by atoms with Gasteiger partial charge in [-0.25, -0.2) is 0 Å². The number of amides is 1. The van der Waals surface area contributed by atoms with Gasteiger partial charge in [0.05, 0.1) is 6.61 Å². The van der Waals surface area contributed by atoms with Gasteiger partial charge in [0, 0.05) is 11.4 Å². The minimum atomic E-state index is -0.531. The van der Waals surface area contributed by atoms with Crippen LogP contribution in [0.4, 0.5) is 11.4 Å². The van der Waals surface area contributed by atoms with Crippen molar-refractivity contribution in [3.05, 3.63) is 60.2 Å². The van der Waals surface area contributed by atoms with E-state index in [9.17, 15) is 4.79 Å². The SMILES string of the molecule is CC(OCc1ccccc1)C(=O)Nc1cccc(N)c1. The molecule has 1 amide bonds. The molecule has 20 heavy (non-hydrogen) atoms. The van der Waals surface area contributed by atoms with Gasteiger partial charge in [0.2, 0.25) is 0 Å². The summed E-state index contributed by atoms with van der Waals surface area (Å²) >= 11 is 0. The molecule has 4 heteroatoms. The van der Waals surface area contributed by atoms with E-state index in [4.69, 9.17) is 10.5 Å². The number of carbonyl (C=O) groups excluding carboxylic acids is 1. The summed E-state index contributed by atoms with van der Waals surface area (Å²) in [6, 6.07) is 16.8. The summed E-state index contributed by atoms with van der Waals surface area (Å²) in [5.41, 5.74) is 7.98. The van der Waals surface area contributed by atoms with Gasteiger partial charge in [-0.2, -0.15) is 0 Å². The second kappa shape index (κ2) is 6.73. The molecule has 0 aromatic heterocycles. The van der Waals surface area contributed by atoms with Gasteiger partial charge >= 0.3 is 0 Å². The summed E-state index contributed by atoms with van der Waals surface area (Å²) in [7, 11) is 0. The lowest BCUT2D eigenvalue weighted by Crippen LogP contribution is -2.27. The van der Waals surface area contributed by atoms with Gasteiger partial charge in [0.25, 0.3) is 5.91 Å². The van der Waals surface area contributed by atoms with Crippen molar-refractivity contribution in [1.29, 1.82) is 0 Å². The molecule has 0 saturated carbocycles. The Bertz CT molecular complexity index is 570. The van der Waals surface area contributed by atoms with Gasteiger partial charge < -0.3 is 15.8 Å². The normalized spacial score (nSPS) is 11.8. The van der Waals surface area contributed by atoms with Crippen molar-refractivity contribution in [2.75, 3.05) is 11.1 Å². The first-order chi connectivity index (χ1) is 9.65. The van der Waals surface area contributed by atoms with Gasteiger partial charge in [-0.3, -0.25) is 4.79 Å². The van der Waals surface area contributed by atoms with E-state index < -0.39 is 6.10 Å². The van der Waals surface area contributed by atoms with Crippen molar-refractivity contribution in [3.8, 4) is 0 Å². The topological polar surface area (TPSA) is 64.3 Å². The molecule has 0 bridgehead atoms. The number of ether oxygens (including phenoxy) is 1. The molecule has 0 saturated heterocycles. The summed E-state index contributed by atoms with van der Waals surface area (Å²) in [6.07, 6.45) is -0.531. The predicted molar refractivity (Wildman–Crippen MR) is 80.2 cm³/mol. The molecule has 0 radical (unpaired) electrons. The third-order valence-corrected chi connectivity index (χ3v) is 2.87. The van der Waals surface area contributed by atoms with Crippen LogP contribution in [0.15, 0.2) is 54.6 Å². The third kappa shape index (κ3) is 4.10. The van der Waals surface area contributed by atoms with Crippen LogP contribution in [-0.4, -0.2) is 12.0 Å². The zero-order chi connectivity index (χ0) is 14.4. The molecule has 0 aliphatic heterocycles. The molecule has 2 aromatic rings. The average Bonchev–Trinajstić information content (AvgIpc) is 2.46. The molecule has 0 spiro atoms.